The topological polar surface area (TPSA) is 66.9 Å². The van der Waals surface area contributed by atoms with Crippen LogP contribution in [-0.4, -0.2) is 49.8 Å². The van der Waals surface area contributed by atoms with Gasteiger partial charge in [-0.05, 0) is 51.5 Å². The van der Waals surface area contributed by atoms with Crippen LogP contribution < -0.4 is 4.90 Å². The smallest absolute Gasteiger partial charge is 0.325 e. The first-order chi connectivity index (χ1) is 10.8. The Morgan fingerprint density at radius 2 is 2.09 bits per heavy atom. The minimum atomic E-state index is -0.633. The van der Waals surface area contributed by atoms with Crippen LogP contribution in [0.25, 0.3) is 6.08 Å². The maximum atomic E-state index is 12.2. The molecule has 0 aromatic heterocycles. The molecular weight excluding hydrogens is 384 g/mol. The van der Waals surface area contributed by atoms with Crippen molar-refractivity contribution in [3.8, 4) is 0 Å². The minimum Gasteiger partial charge on any atom is -0.468 e. The number of imide groups is 1. The SMILES string of the molecule is COC(=O)CN1C(=O)SC(=Cc2ccc(N(C)C)c(Br)c2)C1=O. The normalized spacial score (nSPS) is 16.2. The van der Waals surface area contributed by atoms with Crippen LogP contribution in [0.2, 0.25) is 0 Å². The van der Waals surface area contributed by atoms with Gasteiger partial charge in [0.05, 0.1) is 17.7 Å². The molecule has 1 aromatic carbocycles. The zero-order chi connectivity index (χ0) is 17.1. The lowest BCUT2D eigenvalue weighted by molar-refractivity contribution is -0.143. The second-order valence-electron chi connectivity index (χ2n) is 4.95. The predicted molar refractivity (Wildman–Crippen MR) is 93.2 cm³/mol. The van der Waals surface area contributed by atoms with E-state index in [9.17, 15) is 14.4 Å². The fourth-order valence-electron chi connectivity index (χ4n) is 1.96. The zero-order valence-corrected chi connectivity index (χ0v) is 15.2. The van der Waals surface area contributed by atoms with Crippen molar-refractivity contribution in [3.05, 3.63) is 33.1 Å². The number of ether oxygens (including phenoxy) is 1. The van der Waals surface area contributed by atoms with Gasteiger partial charge in [0.15, 0.2) is 0 Å². The number of carbonyl (C=O) groups is 3. The highest BCUT2D eigenvalue weighted by molar-refractivity contribution is 9.10. The summed E-state index contributed by atoms with van der Waals surface area (Å²) in [4.78, 5) is 38.5. The van der Waals surface area contributed by atoms with E-state index in [1.165, 1.54) is 7.11 Å². The third-order valence-electron chi connectivity index (χ3n) is 3.14. The summed E-state index contributed by atoms with van der Waals surface area (Å²) in [5.74, 6) is -1.12. The molecule has 1 fully saturated rings. The first kappa shape index (κ1) is 17.6. The van der Waals surface area contributed by atoms with E-state index in [2.05, 4.69) is 20.7 Å². The monoisotopic (exact) mass is 398 g/mol. The average Bonchev–Trinajstić information content (AvgIpc) is 2.74. The quantitative estimate of drug-likeness (QED) is 0.573. The van der Waals surface area contributed by atoms with Crippen molar-refractivity contribution in [1.82, 2.24) is 4.90 Å². The third-order valence-corrected chi connectivity index (χ3v) is 4.68. The molecule has 0 radical (unpaired) electrons. The second-order valence-corrected chi connectivity index (χ2v) is 6.80. The van der Waals surface area contributed by atoms with Crippen molar-refractivity contribution >= 4 is 56.6 Å². The van der Waals surface area contributed by atoms with Crippen LogP contribution >= 0.6 is 27.7 Å². The Bertz CT molecular complexity index is 703. The number of amides is 2. The van der Waals surface area contributed by atoms with Gasteiger partial charge in [0.1, 0.15) is 6.54 Å². The number of rotatable bonds is 4. The van der Waals surface area contributed by atoms with Gasteiger partial charge < -0.3 is 9.64 Å². The lowest BCUT2D eigenvalue weighted by Gasteiger charge is -2.14. The molecule has 0 aliphatic carbocycles. The average molecular weight is 399 g/mol. The number of carbonyl (C=O) groups excluding carboxylic acids is 3. The van der Waals surface area contributed by atoms with Crippen molar-refractivity contribution in [2.45, 2.75) is 0 Å². The van der Waals surface area contributed by atoms with Gasteiger partial charge in [-0.1, -0.05) is 6.07 Å². The molecule has 23 heavy (non-hydrogen) atoms. The van der Waals surface area contributed by atoms with Crippen molar-refractivity contribution in [2.24, 2.45) is 0 Å². The van der Waals surface area contributed by atoms with Gasteiger partial charge in [-0.3, -0.25) is 19.3 Å². The number of anilines is 1. The Kier molecular flexibility index (Phi) is 5.48. The number of halogens is 1. The van der Waals surface area contributed by atoms with Crippen LogP contribution in [0.15, 0.2) is 27.6 Å². The summed E-state index contributed by atoms with van der Waals surface area (Å²) < 4.78 is 5.37. The molecule has 0 spiro atoms. The molecule has 0 N–H and O–H groups in total. The van der Waals surface area contributed by atoms with E-state index in [1.807, 2.05) is 37.2 Å². The maximum absolute atomic E-state index is 12.2. The number of hydrogen-bond acceptors (Lipinski definition) is 6. The van der Waals surface area contributed by atoms with Gasteiger partial charge in [-0.2, -0.15) is 0 Å². The van der Waals surface area contributed by atoms with Gasteiger partial charge in [-0.15, -0.1) is 0 Å². The van der Waals surface area contributed by atoms with E-state index >= 15 is 0 Å². The van der Waals surface area contributed by atoms with E-state index < -0.39 is 17.1 Å². The van der Waals surface area contributed by atoms with E-state index in [0.29, 0.717) is 0 Å². The van der Waals surface area contributed by atoms with Crippen LogP contribution in [0.4, 0.5) is 10.5 Å². The molecule has 1 aliphatic heterocycles. The highest BCUT2D eigenvalue weighted by Gasteiger charge is 2.36. The molecule has 2 rings (SSSR count). The molecule has 2 amide bonds. The molecule has 1 aromatic rings. The summed E-state index contributed by atoms with van der Waals surface area (Å²) in [5, 5.41) is -0.476. The Balaban J connectivity index is 2.24. The van der Waals surface area contributed by atoms with Gasteiger partial charge >= 0.3 is 5.97 Å². The van der Waals surface area contributed by atoms with Crippen LogP contribution in [-0.2, 0) is 14.3 Å². The zero-order valence-electron chi connectivity index (χ0n) is 12.8. The highest BCUT2D eigenvalue weighted by Crippen LogP contribution is 2.33. The lowest BCUT2D eigenvalue weighted by atomic mass is 10.2. The first-order valence-corrected chi connectivity index (χ1v) is 8.23. The van der Waals surface area contributed by atoms with E-state index in [0.717, 1.165) is 32.4 Å². The number of esters is 1. The fourth-order valence-corrected chi connectivity index (χ4v) is 3.55. The van der Waals surface area contributed by atoms with E-state index in [-0.39, 0.29) is 11.4 Å². The number of nitrogens with zero attached hydrogens (tertiary/aromatic N) is 2. The minimum absolute atomic E-state index is 0.281. The molecule has 1 heterocycles. The summed E-state index contributed by atoms with van der Waals surface area (Å²) in [7, 11) is 5.07. The fraction of sp³-hybridized carbons (Fsp3) is 0.267. The largest absolute Gasteiger partial charge is 0.468 e. The number of benzene rings is 1. The van der Waals surface area contributed by atoms with Crippen molar-refractivity contribution in [2.75, 3.05) is 32.6 Å². The molecule has 0 saturated carbocycles. The lowest BCUT2D eigenvalue weighted by Crippen LogP contribution is -2.34. The van der Waals surface area contributed by atoms with Crippen LogP contribution in [0.1, 0.15) is 5.56 Å². The van der Waals surface area contributed by atoms with Crippen LogP contribution in [0.3, 0.4) is 0 Å². The Hall–Kier alpha value is -1.80. The van der Waals surface area contributed by atoms with Crippen molar-refractivity contribution < 1.29 is 19.1 Å². The van der Waals surface area contributed by atoms with Crippen LogP contribution in [0.5, 0.6) is 0 Å². The van der Waals surface area contributed by atoms with Gasteiger partial charge in [0.25, 0.3) is 11.1 Å². The van der Waals surface area contributed by atoms with E-state index in [1.54, 1.807) is 6.08 Å². The first-order valence-electron chi connectivity index (χ1n) is 6.62. The number of thioether (sulfide) groups is 1. The Labute approximate surface area is 146 Å². The molecule has 0 unspecified atom stereocenters. The summed E-state index contributed by atoms with van der Waals surface area (Å²) in [6, 6.07) is 5.63. The van der Waals surface area contributed by atoms with Gasteiger partial charge in [-0.25, -0.2) is 0 Å². The highest BCUT2D eigenvalue weighted by atomic mass is 79.9. The molecule has 0 bridgehead atoms. The Morgan fingerprint density at radius 1 is 1.39 bits per heavy atom. The van der Waals surface area contributed by atoms with Gasteiger partial charge in [0.2, 0.25) is 0 Å². The third kappa shape index (κ3) is 3.94. The standard InChI is InChI=1S/C15H15BrN2O4S/c1-17(2)11-5-4-9(6-10(11)16)7-12-14(20)18(15(21)23-12)8-13(19)22-3/h4-7H,8H2,1-3H3. The van der Waals surface area contributed by atoms with E-state index in [4.69, 9.17) is 0 Å². The molecule has 0 atom stereocenters. The van der Waals surface area contributed by atoms with Crippen molar-refractivity contribution in [3.63, 3.8) is 0 Å². The van der Waals surface area contributed by atoms with Crippen molar-refractivity contribution in [1.29, 1.82) is 0 Å². The molecule has 8 heteroatoms. The second kappa shape index (κ2) is 7.18. The summed E-state index contributed by atoms with van der Waals surface area (Å²) in [6.45, 7) is -0.373. The number of methoxy groups -OCH3 is 1. The maximum Gasteiger partial charge on any atom is 0.325 e. The molecule has 1 aliphatic rings. The summed E-state index contributed by atoms with van der Waals surface area (Å²) in [6.07, 6.45) is 1.63. The Morgan fingerprint density at radius 3 is 2.65 bits per heavy atom. The molecule has 122 valence electrons. The predicted octanol–water partition coefficient (Wildman–Crippen LogP) is 2.72. The van der Waals surface area contributed by atoms with Gasteiger partial charge in [0, 0.05) is 18.6 Å². The number of hydrogen-bond donors (Lipinski definition) is 0. The molecular formula is C15H15BrN2O4S. The molecule has 6 nitrogen and oxygen atoms in total. The summed E-state index contributed by atoms with van der Waals surface area (Å²) >= 11 is 4.29. The van der Waals surface area contributed by atoms with Crippen LogP contribution in [0, 0.1) is 0 Å². The molecule has 1 saturated heterocycles. The summed E-state index contributed by atoms with van der Waals surface area (Å²) in [5.41, 5.74) is 1.78.